The fraction of sp³-hybridized carbons (Fsp3) is 1.00. The maximum Gasteiger partial charge on any atom is 0.398 e. The molecule has 7 heteroatoms. The van der Waals surface area contributed by atoms with E-state index in [2.05, 4.69) is 0 Å². The fourth-order valence-corrected chi connectivity index (χ4v) is 1.34. The van der Waals surface area contributed by atoms with Crippen LogP contribution in [0.1, 0.15) is 6.92 Å². The third kappa shape index (κ3) is 1.12. The molecule has 0 N–H and O–H groups in total. The van der Waals surface area contributed by atoms with Gasteiger partial charge >= 0.3 is 12.1 Å². The second-order valence-electron chi connectivity index (χ2n) is 3.12. The van der Waals surface area contributed by atoms with Gasteiger partial charge in [-0.15, -0.1) is 0 Å². The summed E-state index contributed by atoms with van der Waals surface area (Å²) in [6.45, 7) is 0.0568. The molecule has 0 spiro atoms. The largest absolute Gasteiger partial charge is 0.398 e. The van der Waals surface area contributed by atoms with Crippen molar-refractivity contribution in [3.05, 3.63) is 0 Å². The van der Waals surface area contributed by atoms with Gasteiger partial charge < -0.3 is 0 Å². The van der Waals surface area contributed by atoms with Crippen molar-refractivity contribution in [3.63, 3.8) is 0 Å². The van der Waals surface area contributed by atoms with E-state index in [1.165, 1.54) is 0 Å². The number of halogens is 7. The van der Waals surface area contributed by atoms with Crippen molar-refractivity contribution >= 4 is 0 Å². The Bertz CT molecular complexity index is 216. The monoisotopic (exact) mass is 210 g/mol. The van der Waals surface area contributed by atoms with Gasteiger partial charge in [0.25, 0.3) is 0 Å². The first-order chi connectivity index (χ1) is 5.53. The lowest BCUT2D eigenvalue weighted by Gasteiger charge is -2.50. The quantitative estimate of drug-likeness (QED) is 0.539. The van der Waals surface area contributed by atoms with Gasteiger partial charge in [0, 0.05) is 0 Å². The molecule has 0 heterocycles. The highest BCUT2D eigenvalue weighted by atomic mass is 19.4. The first kappa shape index (κ1) is 10.6. The van der Waals surface area contributed by atoms with Crippen LogP contribution < -0.4 is 0 Å². The van der Waals surface area contributed by atoms with E-state index in [0.29, 0.717) is 0 Å². The van der Waals surface area contributed by atoms with Gasteiger partial charge in [-0.3, -0.25) is 0 Å². The Morgan fingerprint density at radius 3 is 1.62 bits per heavy atom. The zero-order valence-corrected chi connectivity index (χ0v) is 6.30. The van der Waals surface area contributed by atoms with E-state index < -0.39 is 29.9 Å². The highest BCUT2D eigenvalue weighted by molar-refractivity contribution is 5.16. The molecule has 0 nitrogen and oxygen atoms in total. The summed E-state index contributed by atoms with van der Waals surface area (Å²) in [5, 5.41) is 0. The summed E-state index contributed by atoms with van der Waals surface area (Å²) in [5.41, 5.74) is -3.84. The molecule has 0 amide bonds. The van der Waals surface area contributed by atoms with E-state index >= 15 is 0 Å². The normalized spacial score (nSPS) is 44.3. The number of alkyl halides is 7. The van der Waals surface area contributed by atoms with Gasteiger partial charge in [0.2, 0.25) is 0 Å². The SMILES string of the molecule is CC1(F)C(C(F)(F)F)C(F)C1(F)F. The molecule has 0 aromatic rings. The van der Waals surface area contributed by atoms with Gasteiger partial charge in [0.1, 0.15) is 5.92 Å². The molecule has 1 saturated carbocycles. The van der Waals surface area contributed by atoms with Crippen LogP contribution in [0.3, 0.4) is 0 Å². The summed E-state index contributed by atoms with van der Waals surface area (Å²) in [6.07, 6.45) is -8.76. The Morgan fingerprint density at radius 1 is 1.08 bits per heavy atom. The van der Waals surface area contributed by atoms with Crippen LogP contribution in [0.15, 0.2) is 0 Å². The average molecular weight is 210 g/mol. The van der Waals surface area contributed by atoms with Crippen LogP contribution in [0.5, 0.6) is 0 Å². The van der Waals surface area contributed by atoms with Crippen LogP contribution in [-0.2, 0) is 0 Å². The van der Waals surface area contributed by atoms with Crippen molar-refractivity contribution in [1.82, 2.24) is 0 Å². The lowest BCUT2D eigenvalue weighted by atomic mass is 9.66. The van der Waals surface area contributed by atoms with Crippen LogP contribution in [0, 0.1) is 5.92 Å². The zero-order chi connectivity index (χ0) is 10.7. The number of hydrogen-bond donors (Lipinski definition) is 0. The van der Waals surface area contributed by atoms with E-state index in [9.17, 15) is 30.7 Å². The third-order valence-electron chi connectivity index (χ3n) is 2.23. The summed E-state index contributed by atoms with van der Waals surface area (Å²) in [6, 6.07) is 0. The predicted octanol–water partition coefficient (Wildman–Crippen LogP) is 2.88. The van der Waals surface area contributed by atoms with Gasteiger partial charge in [0.05, 0.1) is 0 Å². The second-order valence-corrected chi connectivity index (χ2v) is 3.12. The molecule has 13 heavy (non-hydrogen) atoms. The van der Waals surface area contributed by atoms with E-state index in [1.54, 1.807) is 0 Å². The average Bonchev–Trinajstić information content (AvgIpc) is 1.82. The molecule has 1 aliphatic carbocycles. The molecule has 1 fully saturated rings. The topological polar surface area (TPSA) is 0 Å². The Balaban J connectivity index is 2.95. The highest BCUT2D eigenvalue weighted by Gasteiger charge is 2.82. The molecule has 0 bridgehead atoms. The minimum Gasteiger partial charge on any atom is -0.240 e. The molecule has 0 aliphatic heterocycles. The van der Waals surface area contributed by atoms with E-state index in [0.717, 1.165) is 0 Å². The minimum absolute atomic E-state index is 0.0568. The molecular formula is C6H5F7. The van der Waals surface area contributed by atoms with Gasteiger partial charge in [-0.25, -0.2) is 8.78 Å². The molecule has 78 valence electrons. The molecule has 0 saturated heterocycles. The van der Waals surface area contributed by atoms with Gasteiger partial charge in [-0.1, -0.05) is 0 Å². The van der Waals surface area contributed by atoms with Crippen LogP contribution in [0.4, 0.5) is 30.7 Å². The standard InChI is InChI=1S/C6H5F7/c1-4(8)2(6(11,12)13)3(7)5(4,9)10/h2-3H,1H3. The Morgan fingerprint density at radius 2 is 1.46 bits per heavy atom. The molecule has 0 aromatic carbocycles. The van der Waals surface area contributed by atoms with Gasteiger partial charge in [0.15, 0.2) is 11.8 Å². The van der Waals surface area contributed by atoms with Crippen molar-refractivity contribution in [2.24, 2.45) is 5.92 Å². The summed E-state index contributed by atoms with van der Waals surface area (Å²) in [4.78, 5) is 0. The molecule has 3 atom stereocenters. The van der Waals surface area contributed by atoms with Crippen molar-refractivity contribution in [3.8, 4) is 0 Å². The Kier molecular flexibility index (Phi) is 1.87. The van der Waals surface area contributed by atoms with Crippen molar-refractivity contribution < 1.29 is 30.7 Å². The summed E-state index contributed by atoms with van der Waals surface area (Å²) >= 11 is 0. The van der Waals surface area contributed by atoms with Crippen LogP contribution in [-0.4, -0.2) is 23.9 Å². The first-order valence-electron chi connectivity index (χ1n) is 3.30. The van der Waals surface area contributed by atoms with Gasteiger partial charge in [-0.05, 0) is 6.92 Å². The summed E-state index contributed by atoms with van der Waals surface area (Å²) in [5.74, 6) is -7.78. The number of rotatable bonds is 0. The van der Waals surface area contributed by atoms with E-state index in [4.69, 9.17) is 0 Å². The van der Waals surface area contributed by atoms with E-state index in [1.807, 2.05) is 0 Å². The van der Waals surface area contributed by atoms with Crippen LogP contribution in [0.25, 0.3) is 0 Å². The molecule has 3 unspecified atom stereocenters. The first-order valence-corrected chi connectivity index (χ1v) is 3.30. The maximum atomic E-state index is 12.7. The lowest BCUT2D eigenvalue weighted by molar-refractivity contribution is -0.363. The van der Waals surface area contributed by atoms with Crippen molar-refractivity contribution in [1.29, 1.82) is 0 Å². The van der Waals surface area contributed by atoms with Crippen molar-refractivity contribution in [2.75, 3.05) is 0 Å². The zero-order valence-electron chi connectivity index (χ0n) is 6.30. The molecule has 1 aliphatic rings. The minimum atomic E-state index is -5.27. The Labute approximate surface area is 68.7 Å². The van der Waals surface area contributed by atoms with Crippen LogP contribution in [0.2, 0.25) is 0 Å². The number of hydrogen-bond acceptors (Lipinski definition) is 0. The summed E-state index contributed by atoms with van der Waals surface area (Å²) < 4.78 is 84.7. The lowest BCUT2D eigenvalue weighted by Crippen LogP contribution is -2.73. The molecule has 0 radical (unpaired) electrons. The predicted molar refractivity (Wildman–Crippen MR) is 28.9 cm³/mol. The Hall–Kier alpha value is -0.490. The fourth-order valence-electron chi connectivity index (χ4n) is 1.34. The maximum absolute atomic E-state index is 12.7. The van der Waals surface area contributed by atoms with E-state index in [-0.39, 0.29) is 6.92 Å². The highest BCUT2D eigenvalue weighted by Crippen LogP contribution is 2.60. The molecule has 1 rings (SSSR count). The molecule has 0 aromatic heterocycles. The third-order valence-corrected chi connectivity index (χ3v) is 2.23. The smallest absolute Gasteiger partial charge is 0.240 e. The van der Waals surface area contributed by atoms with Crippen LogP contribution >= 0.6 is 0 Å². The van der Waals surface area contributed by atoms with Gasteiger partial charge in [-0.2, -0.15) is 22.0 Å². The summed E-state index contributed by atoms with van der Waals surface area (Å²) in [7, 11) is 0. The second kappa shape index (κ2) is 2.30. The van der Waals surface area contributed by atoms with Crippen molar-refractivity contribution in [2.45, 2.75) is 30.9 Å². The molecular weight excluding hydrogens is 205 g/mol.